The van der Waals surface area contributed by atoms with Crippen molar-refractivity contribution in [3.63, 3.8) is 0 Å². The second-order valence-corrected chi connectivity index (χ2v) is 8.75. The second-order valence-electron chi connectivity index (χ2n) is 8.75. The summed E-state index contributed by atoms with van der Waals surface area (Å²) in [5.74, 6) is 2.33. The van der Waals surface area contributed by atoms with Gasteiger partial charge in [-0.05, 0) is 51.3 Å². The van der Waals surface area contributed by atoms with Crippen molar-refractivity contribution in [3.8, 4) is 0 Å². The van der Waals surface area contributed by atoms with E-state index in [0.717, 1.165) is 68.2 Å². The summed E-state index contributed by atoms with van der Waals surface area (Å²) in [6, 6.07) is 5.84. The van der Waals surface area contributed by atoms with E-state index >= 15 is 0 Å². The van der Waals surface area contributed by atoms with Crippen molar-refractivity contribution in [3.05, 3.63) is 46.5 Å². The number of aromatic nitrogens is 3. The van der Waals surface area contributed by atoms with Crippen LogP contribution in [0.25, 0.3) is 0 Å². The van der Waals surface area contributed by atoms with Gasteiger partial charge in [-0.15, -0.1) is 10.2 Å². The van der Waals surface area contributed by atoms with Crippen LogP contribution in [0.1, 0.15) is 72.8 Å². The molecule has 1 aliphatic heterocycles. The molecule has 0 saturated heterocycles. The van der Waals surface area contributed by atoms with E-state index in [1.165, 1.54) is 0 Å². The minimum absolute atomic E-state index is 0.0407. The van der Waals surface area contributed by atoms with Gasteiger partial charge in [0.2, 0.25) is 0 Å². The standard InChI is InChI=1S/C23H35N5O/c1-6-8-27-9-7-21-25-26-22(28(21)11-10-27)20(12-16(2)3)24-23(29)19-14-17(4)13-18(5)15-19/h13-16,20H,6-12H2,1-5H3,(H,24,29)/t20-/m0/s1. The van der Waals surface area contributed by atoms with Crippen molar-refractivity contribution in [1.29, 1.82) is 0 Å². The molecule has 0 saturated carbocycles. The smallest absolute Gasteiger partial charge is 0.251 e. The molecule has 1 amide bonds. The number of hydrogen-bond donors (Lipinski definition) is 1. The minimum atomic E-state index is -0.137. The van der Waals surface area contributed by atoms with E-state index in [0.29, 0.717) is 11.5 Å². The summed E-state index contributed by atoms with van der Waals surface area (Å²) >= 11 is 0. The van der Waals surface area contributed by atoms with Gasteiger partial charge in [-0.3, -0.25) is 4.79 Å². The monoisotopic (exact) mass is 397 g/mol. The molecule has 0 bridgehead atoms. The molecular formula is C23H35N5O. The summed E-state index contributed by atoms with van der Waals surface area (Å²) in [5, 5.41) is 12.3. The maximum absolute atomic E-state index is 13.0. The van der Waals surface area contributed by atoms with E-state index in [4.69, 9.17) is 0 Å². The Morgan fingerprint density at radius 1 is 1.10 bits per heavy atom. The van der Waals surface area contributed by atoms with Crippen LogP contribution in [0, 0.1) is 19.8 Å². The van der Waals surface area contributed by atoms with Crippen molar-refractivity contribution in [2.45, 2.75) is 66.5 Å². The van der Waals surface area contributed by atoms with Gasteiger partial charge in [-0.2, -0.15) is 0 Å². The summed E-state index contributed by atoms with van der Waals surface area (Å²) < 4.78 is 2.24. The van der Waals surface area contributed by atoms with Gasteiger partial charge in [-0.25, -0.2) is 0 Å². The fraction of sp³-hybridized carbons (Fsp3) is 0.609. The Morgan fingerprint density at radius 3 is 2.48 bits per heavy atom. The molecule has 1 N–H and O–H groups in total. The Bertz CT molecular complexity index is 822. The van der Waals surface area contributed by atoms with Crippen LogP contribution in [0.3, 0.4) is 0 Å². The van der Waals surface area contributed by atoms with Crippen LogP contribution in [0.4, 0.5) is 0 Å². The molecule has 1 atom stereocenters. The SMILES string of the molecule is CCCN1CCc2nnc([C@H](CC(C)C)NC(=O)c3cc(C)cc(C)c3)n2CC1. The van der Waals surface area contributed by atoms with Gasteiger partial charge in [0.15, 0.2) is 5.82 Å². The topological polar surface area (TPSA) is 63.1 Å². The van der Waals surface area contributed by atoms with E-state index in [1.807, 2.05) is 26.0 Å². The number of carbonyl (C=O) groups is 1. The Labute approximate surface area is 174 Å². The van der Waals surface area contributed by atoms with Crippen LogP contribution in [0.5, 0.6) is 0 Å². The summed E-state index contributed by atoms with van der Waals surface area (Å²) in [6.45, 7) is 14.7. The quantitative estimate of drug-likeness (QED) is 0.774. The predicted octanol–water partition coefficient (Wildman–Crippen LogP) is 3.68. The molecular weight excluding hydrogens is 362 g/mol. The van der Waals surface area contributed by atoms with E-state index in [-0.39, 0.29) is 11.9 Å². The van der Waals surface area contributed by atoms with Crippen LogP contribution < -0.4 is 5.32 Å². The largest absolute Gasteiger partial charge is 0.342 e. The number of rotatable bonds is 7. The average molecular weight is 398 g/mol. The van der Waals surface area contributed by atoms with Crippen LogP contribution >= 0.6 is 0 Å². The first-order chi connectivity index (χ1) is 13.9. The number of fused-ring (bicyclic) bond motifs is 1. The molecule has 1 aromatic heterocycles. The fourth-order valence-electron chi connectivity index (χ4n) is 4.23. The second kappa shape index (κ2) is 9.53. The molecule has 2 aromatic rings. The molecule has 158 valence electrons. The molecule has 0 unspecified atom stereocenters. The van der Waals surface area contributed by atoms with Gasteiger partial charge >= 0.3 is 0 Å². The molecule has 3 rings (SSSR count). The number of carbonyl (C=O) groups excluding carboxylic acids is 1. The first-order valence-corrected chi connectivity index (χ1v) is 10.9. The molecule has 0 radical (unpaired) electrons. The van der Waals surface area contributed by atoms with Crippen LogP contribution in [-0.4, -0.2) is 45.2 Å². The first kappa shape index (κ1) is 21.5. The van der Waals surface area contributed by atoms with E-state index < -0.39 is 0 Å². The molecule has 1 aromatic carbocycles. The molecule has 1 aliphatic rings. The lowest BCUT2D eigenvalue weighted by atomic mass is 10.0. The Hall–Kier alpha value is -2.21. The number of amides is 1. The van der Waals surface area contributed by atoms with Crippen molar-refractivity contribution >= 4 is 5.91 Å². The molecule has 0 spiro atoms. The third-order valence-electron chi connectivity index (χ3n) is 5.50. The van der Waals surface area contributed by atoms with E-state index in [1.54, 1.807) is 0 Å². The molecule has 6 heteroatoms. The third kappa shape index (κ3) is 5.44. The Morgan fingerprint density at radius 2 is 1.83 bits per heavy atom. The normalized spacial score (nSPS) is 15.8. The number of nitrogens with zero attached hydrogens (tertiary/aromatic N) is 4. The molecule has 29 heavy (non-hydrogen) atoms. The highest BCUT2D eigenvalue weighted by Crippen LogP contribution is 2.23. The van der Waals surface area contributed by atoms with Crippen LogP contribution in [0.15, 0.2) is 18.2 Å². The van der Waals surface area contributed by atoms with Crippen LogP contribution in [-0.2, 0) is 13.0 Å². The van der Waals surface area contributed by atoms with Crippen molar-refractivity contribution < 1.29 is 4.79 Å². The maximum Gasteiger partial charge on any atom is 0.251 e. The van der Waals surface area contributed by atoms with Crippen LogP contribution in [0.2, 0.25) is 0 Å². The lowest BCUT2D eigenvalue weighted by molar-refractivity contribution is 0.0928. The van der Waals surface area contributed by atoms with Gasteiger partial charge in [0.25, 0.3) is 5.91 Å². The maximum atomic E-state index is 13.0. The van der Waals surface area contributed by atoms with Gasteiger partial charge in [0, 0.05) is 31.6 Å². The predicted molar refractivity (Wildman–Crippen MR) is 116 cm³/mol. The lowest BCUT2D eigenvalue weighted by Gasteiger charge is -2.22. The molecule has 0 aliphatic carbocycles. The summed E-state index contributed by atoms with van der Waals surface area (Å²) in [4.78, 5) is 15.5. The number of benzene rings is 1. The highest BCUT2D eigenvalue weighted by molar-refractivity contribution is 5.94. The first-order valence-electron chi connectivity index (χ1n) is 10.9. The summed E-state index contributed by atoms with van der Waals surface area (Å²) in [5.41, 5.74) is 2.91. The van der Waals surface area contributed by atoms with Crippen molar-refractivity contribution in [2.75, 3.05) is 19.6 Å². The van der Waals surface area contributed by atoms with E-state index in [2.05, 4.69) is 51.8 Å². The summed E-state index contributed by atoms with van der Waals surface area (Å²) in [7, 11) is 0. The number of aryl methyl sites for hydroxylation is 2. The van der Waals surface area contributed by atoms with Gasteiger partial charge in [0.05, 0.1) is 6.04 Å². The Balaban J connectivity index is 1.83. The van der Waals surface area contributed by atoms with Crippen molar-refractivity contribution in [2.24, 2.45) is 5.92 Å². The molecule has 0 fully saturated rings. The van der Waals surface area contributed by atoms with E-state index in [9.17, 15) is 4.79 Å². The lowest BCUT2D eigenvalue weighted by Crippen LogP contribution is -2.32. The minimum Gasteiger partial charge on any atom is -0.342 e. The highest BCUT2D eigenvalue weighted by Gasteiger charge is 2.26. The van der Waals surface area contributed by atoms with Gasteiger partial charge in [-0.1, -0.05) is 38.0 Å². The zero-order chi connectivity index (χ0) is 21.0. The van der Waals surface area contributed by atoms with Gasteiger partial charge in [0.1, 0.15) is 5.82 Å². The fourth-order valence-corrected chi connectivity index (χ4v) is 4.23. The Kier molecular flexibility index (Phi) is 7.06. The number of hydrogen-bond acceptors (Lipinski definition) is 4. The molecule has 6 nitrogen and oxygen atoms in total. The number of nitrogens with one attached hydrogen (secondary N) is 1. The average Bonchev–Trinajstić information content (AvgIpc) is 2.94. The molecule has 2 heterocycles. The summed E-state index contributed by atoms with van der Waals surface area (Å²) in [6.07, 6.45) is 2.91. The van der Waals surface area contributed by atoms with Crippen molar-refractivity contribution in [1.82, 2.24) is 25.0 Å². The zero-order valence-electron chi connectivity index (χ0n) is 18.5. The zero-order valence-corrected chi connectivity index (χ0v) is 18.5. The highest BCUT2D eigenvalue weighted by atomic mass is 16.1. The third-order valence-corrected chi connectivity index (χ3v) is 5.50. The van der Waals surface area contributed by atoms with Gasteiger partial charge < -0.3 is 14.8 Å².